The Bertz CT molecular complexity index is 837. The number of carbonyl (C=O) groups excluding carboxylic acids is 1. The monoisotopic (exact) mass is 323 g/mol. The minimum Gasteiger partial charge on any atom is -0.497 e. The average Bonchev–Trinajstić information content (AvgIpc) is 2.95. The van der Waals surface area contributed by atoms with E-state index < -0.39 is 0 Å². The van der Waals surface area contributed by atoms with Gasteiger partial charge in [0, 0.05) is 17.5 Å². The molecule has 0 aliphatic carbocycles. The molecule has 2 aromatic carbocycles. The molecule has 0 unspecified atom stereocenters. The van der Waals surface area contributed by atoms with Gasteiger partial charge in [-0.3, -0.25) is 4.79 Å². The van der Waals surface area contributed by atoms with Gasteiger partial charge in [-0.1, -0.05) is 30.3 Å². The molecule has 0 aliphatic heterocycles. The molecule has 3 rings (SSSR count). The molecule has 0 aliphatic rings. The summed E-state index contributed by atoms with van der Waals surface area (Å²) < 4.78 is 10.9. The van der Waals surface area contributed by atoms with E-state index in [0.717, 1.165) is 29.5 Å². The standard InChI is InChI=1S/C20H21NO3/c1-14-17-13-16(23-2)10-11-18(17)24-19(14)20(22)21-12-6-9-15-7-4-3-5-8-15/h3-5,7-8,10-11,13H,6,9,12H2,1-2H3,(H,21,22). The van der Waals surface area contributed by atoms with Crippen LogP contribution in [0.15, 0.2) is 52.9 Å². The summed E-state index contributed by atoms with van der Waals surface area (Å²) >= 11 is 0. The zero-order chi connectivity index (χ0) is 16.9. The highest BCUT2D eigenvalue weighted by atomic mass is 16.5. The Morgan fingerprint density at radius 3 is 2.71 bits per heavy atom. The first-order chi connectivity index (χ1) is 11.7. The van der Waals surface area contributed by atoms with E-state index in [0.29, 0.717) is 17.9 Å². The zero-order valence-corrected chi connectivity index (χ0v) is 14.0. The van der Waals surface area contributed by atoms with Crippen LogP contribution in [0.1, 0.15) is 28.1 Å². The number of nitrogens with one attached hydrogen (secondary N) is 1. The van der Waals surface area contributed by atoms with Gasteiger partial charge < -0.3 is 14.5 Å². The summed E-state index contributed by atoms with van der Waals surface area (Å²) in [6.07, 6.45) is 1.83. The Balaban J connectivity index is 1.62. The van der Waals surface area contributed by atoms with Gasteiger partial charge in [0.1, 0.15) is 11.3 Å². The molecule has 124 valence electrons. The minimum atomic E-state index is -0.171. The molecule has 0 saturated carbocycles. The number of hydrogen-bond donors (Lipinski definition) is 1. The molecule has 1 amide bonds. The summed E-state index contributed by atoms with van der Waals surface area (Å²) in [6, 6.07) is 15.8. The number of aryl methyl sites for hydroxylation is 2. The van der Waals surface area contributed by atoms with E-state index in [1.54, 1.807) is 7.11 Å². The molecule has 3 aromatic rings. The molecule has 0 atom stereocenters. The topological polar surface area (TPSA) is 51.5 Å². The van der Waals surface area contributed by atoms with Gasteiger partial charge >= 0.3 is 0 Å². The van der Waals surface area contributed by atoms with E-state index in [1.165, 1.54) is 5.56 Å². The second kappa shape index (κ2) is 7.21. The van der Waals surface area contributed by atoms with Crippen LogP contribution in [0, 0.1) is 6.92 Å². The Hall–Kier alpha value is -2.75. The number of amides is 1. The third kappa shape index (κ3) is 3.43. The van der Waals surface area contributed by atoms with Crippen LogP contribution in [0.3, 0.4) is 0 Å². The summed E-state index contributed by atoms with van der Waals surface area (Å²) in [5.74, 6) is 0.954. The van der Waals surface area contributed by atoms with E-state index in [2.05, 4.69) is 17.4 Å². The van der Waals surface area contributed by atoms with Gasteiger partial charge in [0.15, 0.2) is 5.76 Å². The molecule has 0 radical (unpaired) electrons. The number of fused-ring (bicyclic) bond motifs is 1. The lowest BCUT2D eigenvalue weighted by molar-refractivity contribution is 0.0927. The van der Waals surface area contributed by atoms with Gasteiger partial charge in [-0.05, 0) is 43.5 Å². The number of benzene rings is 2. The quantitative estimate of drug-likeness (QED) is 0.695. The van der Waals surface area contributed by atoms with Crippen molar-refractivity contribution in [2.45, 2.75) is 19.8 Å². The summed E-state index contributed by atoms with van der Waals surface area (Å²) in [6.45, 7) is 2.51. The second-order valence-electron chi connectivity index (χ2n) is 5.76. The van der Waals surface area contributed by atoms with Crippen molar-refractivity contribution < 1.29 is 13.9 Å². The number of furan rings is 1. The van der Waals surface area contributed by atoms with Gasteiger partial charge in [0.25, 0.3) is 5.91 Å². The maximum Gasteiger partial charge on any atom is 0.287 e. The Labute approximate surface area is 141 Å². The van der Waals surface area contributed by atoms with Gasteiger partial charge in [0.2, 0.25) is 0 Å². The summed E-state index contributed by atoms with van der Waals surface area (Å²) in [7, 11) is 1.62. The fourth-order valence-electron chi connectivity index (χ4n) is 2.76. The predicted octanol–water partition coefficient (Wildman–Crippen LogP) is 4.11. The maximum absolute atomic E-state index is 12.4. The van der Waals surface area contributed by atoms with Gasteiger partial charge in [-0.2, -0.15) is 0 Å². The molecule has 24 heavy (non-hydrogen) atoms. The molecular weight excluding hydrogens is 302 g/mol. The predicted molar refractivity (Wildman–Crippen MR) is 94.6 cm³/mol. The number of rotatable bonds is 6. The Morgan fingerprint density at radius 1 is 1.17 bits per heavy atom. The molecule has 0 saturated heterocycles. The first kappa shape index (κ1) is 16.1. The second-order valence-corrected chi connectivity index (χ2v) is 5.76. The maximum atomic E-state index is 12.4. The number of ether oxygens (including phenoxy) is 1. The van der Waals surface area contributed by atoms with Crippen LogP contribution in [-0.2, 0) is 6.42 Å². The lowest BCUT2D eigenvalue weighted by Crippen LogP contribution is -2.24. The molecule has 1 heterocycles. The summed E-state index contributed by atoms with van der Waals surface area (Å²) in [5, 5.41) is 3.84. The van der Waals surface area contributed by atoms with Crippen molar-refractivity contribution in [1.82, 2.24) is 5.32 Å². The van der Waals surface area contributed by atoms with Crippen molar-refractivity contribution in [3.05, 3.63) is 65.4 Å². The normalized spacial score (nSPS) is 10.8. The van der Waals surface area contributed by atoms with Crippen LogP contribution in [0.4, 0.5) is 0 Å². The van der Waals surface area contributed by atoms with Crippen molar-refractivity contribution in [1.29, 1.82) is 0 Å². The van der Waals surface area contributed by atoms with Crippen LogP contribution in [0.2, 0.25) is 0 Å². The van der Waals surface area contributed by atoms with Crippen molar-refractivity contribution in [2.24, 2.45) is 0 Å². The van der Waals surface area contributed by atoms with Crippen molar-refractivity contribution in [3.63, 3.8) is 0 Å². The van der Waals surface area contributed by atoms with Crippen LogP contribution in [-0.4, -0.2) is 19.6 Å². The van der Waals surface area contributed by atoms with E-state index in [4.69, 9.17) is 9.15 Å². The highest BCUT2D eigenvalue weighted by molar-refractivity contribution is 5.99. The fourth-order valence-corrected chi connectivity index (χ4v) is 2.76. The Kier molecular flexibility index (Phi) is 4.85. The van der Waals surface area contributed by atoms with Gasteiger partial charge in [-0.25, -0.2) is 0 Å². The number of carbonyl (C=O) groups is 1. The largest absolute Gasteiger partial charge is 0.497 e. The SMILES string of the molecule is COc1ccc2oc(C(=O)NCCCc3ccccc3)c(C)c2c1. The molecule has 0 fully saturated rings. The number of hydrogen-bond acceptors (Lipinski definition) is 3. The van der Waals surface area contributed by atoms with Crippen LogP contribution in [0.5, 0.6) is 5.75 Å². The van der Waals surface area contributed by atoms with Gasteiger partial charge in [-0.15, -0.1) is 0 Å². The average molecular weight is 323 g/mol. The first-order valence-corrected chi connectivity index (χ1v) is 8.08. The lowest BCUT2D eigenvalue weighted by Gasteiger charge is -2.04. The third-order valence-electron chi connectivity index (χ3n) is 4.12. The highest BCUT2D eigenvalue weighted by Crippen LogP contribution is 2.28. The van der Waals surface area contributed by atoms with Crippen LogP contribution >= 0.6 is 0 Å². The van der Waals surface area contributed by atoms with Gasteiger partial charge in [0.05, 0.1) is 7.11 Å². The summed E-state index contributed by atoms with van der Waals surface area (Å²) in [4.78, 5) is 12.4. The summed E-state index contributed by atoms with van der Waals surface area (Å²) in [5.41, 5.74) is 2.81. The van der Waals surface area contributed by atoms with E-state index in [1.807, 2.05) is 43.3 Å². The molecular formula is C20H21NO3. The van der Waals surface area contributed by atoms with Crippen molar-refractivity contribution in [3.8, 4) is 5.75 Å². The first-order valence-electron chi connectivity index (χ1n) is 8.08. The molecule has 4 nitrogen and oxygen atoms in total. The van der Waals surface area contributed by atoms with E-state index in [-0.39, 0.29) is 5.91 Å². The molecule has 0 spiro atoms. The molecule has 1 aromatic heterocycles. The van der Waals surface area contributed by atoms with Crippen LogP contribution < -0.4 is 10.1 Å². The van der Waals surface area contributed by atoms with Crippen LogP contribution in [0.25, 0.3) is 11.0 Å². The molecule has 0 bridgehead atoms. The van der Waals surface area contributed by atoms with E-state index in [9.17, 15) is 4.79 Å². The van der Waals surface area contributed by atoms with Crippen molar-refractivity contribution >= 4 is 16.9 Å². The van der Waals surface area contributed by atoms with Crippen molar-refractivity contribution in [2.75, 3.05) is 13.7 Å². The molecule has 4 heteroatoms. The zero-order valence-electron chi connectivity index (χ0n) is 14.0. The highest BCUT2D eigenvalue weighted by Gasteiger charge is 2.17. The number of methoxy groups -OCH3 is 1. The minimum absolute atomic E-state index is 0.171. The smallest absolute Gasteiger partial charge is 0.287 e. The fraction of sp³-hybridized carbons (Fsp3) is 0.250. The molecule has 1 N–H and O–H groups in total. The Morgan fingerprint density at radius 2 is 1.96 bits per heavy atom. The third-order valence-corrected chi connectivity index (χ3v) is 4.12. The lowest BCUT2D eigenvalue weighted by atomic mass is 10.1. The van der Waals surface area contributed by atoms with E-state index >= 15 is 0 Å².